The van der Waals surface area contributed by atoms with Crippen molar-refractivity contribution in [1.82, 2.24) is 0 Å². The van der Waals surface area contributed by atoms with Crippen LogP contribution in [0, 0.1) is 0 Å². The van der Waals surface area contributed by atoms with Crippen molar-refractivity contribution in [3.05, 3.63) is 66.2 Å². The minimum absolute atomic E-state index is 1.01. The second kappa shape index (κ2) is 5.58. The van der Waals surface area contributed by atoms with Gasteiger partial charge in [-0.1, -0.05) is 76.6 Å². The van der Waals surface area contributed by atoms with Crippen molar-refractivity contribution in [3.63, 3.8) is 0 Å². The Morgan fingerprint density at radius 3 is 2.00 bits per heavy atom. The van der Waals surface area contributed by atoms with Crippen LogP contribution in [0.5, 0.6) is 0 Å². The van der Waals surface area contributed by atoms with Gasteiger partial charge in [0.15, 0.2) is 0 Å². The van der Waals surface area contributed by atoms with Crippen molar-refractivity contribution in [2.45, 2.75) is 6.42 Å². The molecule has 1 heteroatoms. The van der Waals surface area contributed by atoms with Crippen LogP contribution >= 0.6 is 15.9 Å². The molecule has 19 heavy (non-hydrogen) atoms. The summed E-state index contributed by atoms with van der Waals surface area (Å²) < 4.78 is 0. The van der Waals surface area contributed by atoms with Crippen LogP contribution in [0.15, 0.2) is 60.7 Å². The van der Waals surface area contributed by atoms with Crippen molar-refractivity contribution in [2.75, 3.05) is 5.33 Å². The molecule has 94 valence electrons. The van der Waals surface area contributed by atoms with Crippen molar-refractivity contribution in [2.24, 2.45) is 0 Å². The summed E-state index contributed by atoms with van der Waals surface area (Å²) in [5, 5.41) is 6.27. The highest BCUT2D eigenvalue weighted by Gasteiger charge is 2.04. The van der Waals surface area contributed by atoms with E-state index in [1.54, 1.807) is 0 Å². The predicted octanol–water partition coefficient (Wildman–Crippen LogP) is 5.79. The van der Waals surface area contributed by atoms with Crippen LogP contribution in [0.4, 0.5) is 0 Å². The summed E-state index contributed by atoms with van der Waals surface area (Å²) in [5.41, 5.74) is 1.33. The van der Waals surface area contributed by atoms with E-state index in [2.05, 4.69) is 82.7 Å². The van der Waals surface area contributed by atoms with E-state index in [1.165, 1.54) is 27.1 Å². The Kier molecular flexibility index (Phi) is 3.65. The molecule has 0 aliphatic rings. The third kappa shape index (κ3) is 2.43. The Bertz CT molecular complexity index is 687. The van der Waals surface area contributed by atoms with Gasteiger partial charge >= 0.3 is 0 Å². The van der Waals surface area contributed by atoms with Crippen LogP contribution in [0.1, 0.15) is 12.0 Å². The quantitative estimate of drug-likeness (QED) is 0.424. The third-order valence-electron chi connectivity index (χ3n) is 3.37. The van der Waals surface area contributed by atoms with Crippen molar-refractivity contribution in [1.29, 1.82) is 0 Å². The Hall–Kier alpha value is -1.60. The standard InChI is InChI=1S/C18H15Br/c19-12-6-5-11-18-16-9-3-1-7-14(16)13-15-8-2-4-10-17(15)18/h1-5,7-11,13H,6,12H2. The van der Waals surface area contributed by atoms with Crippen molar-refractivity contribution < 1.29 is 0 Å². The first-order valence-corrected chi connectivity index (χ1v) is 7.65. The topological polar surface area (TPSA) is 0 Å². The highest BCUT2D eigenvalue weighted by atomic mass is 79.9. The molecule has 0 unspecified atom stereocenters. The number of alkyl halides is 1. The van der Waals surface area contributed by atoms with Crippen LogP contribution in [-0.4, -0.2) is 5.33 Å². The van der Waals surface area contributed by atoms with Gasteiger partial charge in [-0.05, 0) is 39.6 Å². The first-order chi connectivity index (χ1) is 9.40. The fraction of sp³-hybridized carbons (Fsp3) is 0.111. The van der Waals surface area contributed by atoms with E-state index in [1.807, 2.05) is 0 Å². The van der Waals surface area contributed by atoms with Crippen molar-refractivity contribution >= 4 is 43.6 Å². The summed E-state index contributed by atoms with van der Waals surface area (Å²) in [4.78, 5) is 0. The molecule has 0 saturated heterocycles. The molecular weight excluding hydrogens is 296 g/mol. The molecule has 0 nitrogen and oxygen atoms in total. The van der Waals surface area contributed by atoms with Gasteiger partial charge in [0, 0.05) is 5.33 Å². The van der Waals surface area contributed by atoms with Crippen LogP contribution in [-0.2, 0) is 0 Å². The van der Waals surface area contributed by atoms with E-state index in [0.29, 0.717) is 0 Å². The molecule has 0 heterocycles. The Morgan fingerprint density at radius 1 is 0.842 bits per heavy atom. The zero-order valence-electron chi connectivity index (χ0n) is 10.6. The van der Waals surface area contributed by atoms with Gasteiger partial charge in [0.1, 0.15) is 0 Å². The summed E-state index contributed by atoms with van der Waals surface area (Å²) in [5.74, 6) is 0. The zero-order valence-corrected chi connectivity index (χ0v) is 12.2. The van der Waals surface area contributed by atoms with E-state index in [-0.39, 0.29) is 0 Å². The molecular formula is C18H15Br. The van der Waals surface area contributed by atoms with Gasteiger partial charge in [-0.25, -0.2) is 0 Å². The molecule has 0 atom stereocenters. The number of allylic oxidation sites excluding steroid dienone is 1. The molecule has 3 aromatic carbocycles. The summed E-state index contributed by atoms with van der Waals surface area (Å²) >= 11 is 3.47. The van der Waals surface area contributed by atoms with Crippen LogP contribution in [0.3, 0.4) is 0 Å². The lowest BCUT2D eigenvalue weighted by molar-refractivity contribution is 1.27. The molecule has 0 aromatic heterocycles. The maximum Gasteiger partial charge on any atom is 0.00660 e. The number of hydrogen-bond donors (Lipinski definition) is 0. The van der Waals surface area contributed by atoms with Gasteiger partial charge in [-0.15, -0.1) is 0 Å². The van der Waals surface area contributed by atoms with Crippen LogP contribution < -0.4 is 0 Å². The molecule has 0 saturated carbocycles. The van der Waals surface area contributed by atoms with Crippen molar-refractivity contribution in [3.8, 4) is 0 Å². The normalized spacial score (nSPS) is 11.6. The zero-order chi connectivity index (χ0) is 13.1. The molecule has 0 fully saturated rings. The maximum absolute atomic E-state index is 3.47. The first-order valence-electron chi connectivity index (χ1n) is 6.53. The second-order valence-electron chi connectivity index (χ2n) is 4.61. The monoisotopic (exact) mass is 310 g/mol. The number of benzene rings is 3. The third-order valence-corrected chi connectivity index (χ3v) is 3.83. The lowest BCUT2D eigenvalue weighted by Gasteiger charge is -2.08. The Morgan fingerprint density at radius 2 is 1.42 bits per heavy atom. The SMILES string of the molecule is BrCCC=Cc1c2ccccc2cc2ccccc12. The molecule has 0 N–H and O–H groups in total. The van der Waals surface area contributed by atoms with E-state index in [0.717, 1.165) is 11.8 Å². The Labute approximate surface area is 121 Å². The average molecular weight is 311 g/mol. The predicted molar refractivity (Wildman–Crippen MR) is 88.9 cm³/mol. The second-order valence-corrected chi connectivity index (χ2v) is 5.41. The van der Waals surface area contributed by atoms with Gasteiger partial charge in [-0.3, -0.25) is 0 Å². The summed E-state index contributed by atoms with van der Waals surface area (Å²) in [7, 11) is 0. The maximum atomic E-state index is 3.47. The van der Waals surface area contributed by atoms with Crippen LogP contribution in [0.2, 0.25) is 0 Å². The van der Waals surface area contributed by atoms with Gasteiger partial charge in [0.2, 0.25) is 0 Å². The minimum atomic E-state index is 1.01. The fourth-order valence-corrected chi connectivity index (χ4v) is 2.76. The minimum Gasteiger partial charge on any atom is -0.0925 e. The lowest BCUT2D eigenvalue weighted by atomic mass is 9.96. The van der Waals surface area contributed by atoms with Gasteiger partial charge < -0.3 is 0 Å². The lowest BCUT2D eigenvalue weighted by Crippen LogP contribution is -1.83. The molecule has 0 spiro atoms. The summed E-state index contributed by atoms with van der Waals surface area (Å²) in [6.45, 7) is 0. The molecule has 0 amide bonds. The van der Waals surface area contributed by atoms with Gasteiger partial charge in [-0.2, -0.15) is 0 Å². The van der Waals surface area contributed by atoms with E-state index in [4.69, 9.17) is 0 Å². The molecule has 0 aliphatic heterocycles. The van der Waals surface area contributed by atoms with Crippen LogP contribution in [0.25, 0.3) is 27.6 Å². The summed E-state index contributed by atoms with van der Waals surface area (Å²) in [6, 6.07) is 19.5. The molecule has 0 bridgehead atoms. The number of rotatable bonds is 3. The van der Waals surface area contributed by atoms with Gasteiger partial charge in [0.25, 0.3) is 0 Å². The number of hydrogen-bond acceptors (Lipinski definition) is 0. The highest BCUT2D eigenvalue weighted by molar-refractivity contribution is 9.09. The largest absolute Gasteiger partial charge is 0.0925 e. The Balaban J connectivity index is 2.33. The summed E-state index contributed by atoms with van der Waals surface area (Å²) in [6.07, 6.45) is 5.55. The molecule has 3 aromatic rings. The molecule has 0 radical (unpaired) electrons. The van der Waals surface area contributed by atoms with E-state index < -0.39 is 0 Å². The number of halogens is 1. The first kappa shape index (κ1) is 12.4. The average Bonchev–Trinajstić information content (AvgIpc) is 2.46. The smallest absolute Gasteiger partial charge is 0.00660 e. The molecule has 3 rings (SSSR count). The number of fused-ring (bicyclic) bond motifs is 2. The highest BCUT2D eigenvalue weighted by Crippen LogP contribution is 2.29. The van der Waals surface area contributed by atoms with E-state index >= 15 is 0 Å². The van der Waals surface area contributed by atoms with Gasteiger partial charge in [0.05, 0.1) is 0 Å². The van der Waals surface area contributed by atoms with E-state index in [9.17, 15) is 0 Å². The molecule has 0 aliphatic carbocycles. The fourth-order valence-electron chi connectivity index (χ4n) is 2.49.